The molecule has 2 N–H and O–H groups in total. The Balaban J connectivity index is 1.94. The number of morpholine rings is 1. The van der Waals surface area contributed by atoms with Crippen LogP contribution in [0.1, 0.15) is 13.8 Å². The van der Waals surface area contributed by atoms with Crippen molar-refractivity contribution in [3.05, 3.63) is 40.7 Å². The molecule has 1 saturated heterocycles. The van der Waals surface area contributed by atoms with Gasteiger partial charge in [0, 0.05) is 13.1 Å². The minimum atomic E-state index is -3.85. The fourth-order valence-electron chi connectivity index (χ4n) is 2.98. The van der Waals surface area contributed by atoms with Gasteiger partial charge in [-0.3, -0.25) is 10.1 Å². The van der Waals surface area contributed by atoms with Crippen LogP contribution in [0.15, 0.2) is 35.5 Å². The number of anilines is 1. The third-order valence-corrected chi connectivity index (χ3v) is 4.97. The zero-order valence-corrected chi connectivity index (χ0v) is 16.0. The summed E-state index contributed by atoms with van der Waals surface area (Å²) in [7, 11) is -3.85. The zero-order chi connectivity index (χ0) is 20.5. The van der Waals surface area contributed by atoms with Gasteiger partial charge in [-0.15, -0.1) is 0 Å². The normalized spacial score (nSPS) is 20.0. The van der Waals surface area contributed by atoms with Crippen LogP contribution in [0.25, 0.3) is 0 Å². The molecule has 1 aromatic heterocycles. The van der Waals surface area contributed by atoms with Crippen LogP contribution in [0.2, 0.25) is 0 Å². The van der Waals surface area contributed by atoms with E-state index in [0.29, 0.717) is 13.1 Å². The number of ether oxygens (including phenoxy) is 2. The first-order valence-corrected chi connectivity index (χ1v) is 9.90. The molecule has 2 atom stereocenters. The summed E-state index contributed by atoms with van der Waals surface area (Å²) in [6, 6.07) is 5.15. The summed E-state index contributed by atoms with van der Waals surface area (Å²) in [6.45, 7) is 4.62. The van der Waals surface area contributed by atoms with E-state index in [1.807, 2.05) is 13.8 Å². The predicted molar refractivity (Wildman–Crippen MR) is 98.8 cm³/mol. The first-order valence-electron chi connectivity index (χ1n) is 8.35. The summed E-state index contributed by atoms with van der Waals surface area (Å²) in [6.07, 6.45) is 0.947. The Morgan fingerprint density at radius 3 is 2.36 bits per heavy atom. The molecule has 0 amide bonds. The molecule has 0 bridgehead atoms. The molecule has 2 heterocycles. The van der Waals surface area contributed by atoms with Gasteiger partial charge in [0.2, 0.25) is 15.8 Å². The Morgan fingerprint density at radius 2 is 1.82 bits per heavy atom. The molecule has 0 spiro atoms. The van der Waals surface area contributed by atoms with Crippen LogP contribution in [0, 0.1) is 10.1 Å². The van der Waals surface area contributed by atoms with E-state index in [0.717, 1.165) is 0 Å². The third-order valence-electron chi connectivity index (χ3n) is 4.04. The van der Waals surface area contributed by atoms with Crippen LogP contribution in [-0.4, -0.2) is 48.6 Å². The highest BCUT2D eigenvalue weighted by molar-refractivity contribution is 7.89. The zero-order valence-electron chi connectivity index (χ0n) is 15.2. The second-order valence-electron chi connectivity index (χ2n) is 6.39. The van der Waals surface area contributed by atoms with E-state index in [1.54, 1.807) is 4.90 Å². The van der Waals surface area contributed by atoms with Crippen molar-refractivity contribution >= 4 is 21.5 Å². The van der Waals surface area contributed by atoms with Crippen molar-refractivity contribution < 1.29 is 22.8 Å². The minimum absolute atomic E-state index is 0.103. The molecule has 1 aromatic carbocycles. The maximum absolute atomic E-state index is 11.7. The SMILES string of the molecule is CC1CN(c2ncnc(Oc3ccc(S(N)(=O)=O)cc3)c2[N+](=O)[O-])CC(C)O1. The monoisotopic (exact) mass is 409 g/mol. The highest BCUT2D eigenvalue weighted by Crippen LogP contribution is 2.37. The summed E-state index contributed by atoms with van der Waals surface area (Å²) in [5.74, 6) is 0.0622. The molecule has 28 heavy (non-hydrogen) atoms. The molecule has 1 aliphatic heterocycles. The summed E-state index contributed by atoms with van der Waals surface area (Å²) in [5, 5.41) is 16.8. The smallest absolute Gasteiger partial charge is 0.373 e. The lowest BCUT2D eigenvalue weighted by atomic mass is 10.2. The van der Waals surface area contributed by atoms with Gasteiger partial charge in [-0.1, -0.05) is 0 Å². The molecule has 0 saturated carbocycles. The molecule has 1 aliphatic rings. The number of aromatic nitrogens is 2. The Hall–Kier alpha value is -2.83. The van der Waals surface area contributed by atoms with Crippen LogP contribution in [0.4, 0.5) is 11.5 Å². The van der Waals surface area contributed by atoms with Gasteiger partial charge in [-0.25, -0.2) is 18.5 Å². The number of primary sulfonamides is 1. The van der Waals surface area contributed by atoms with E-state index in [4.69, 9.17) is 14.6 Å². The Kier molecular flexibility index (Phi) is 5.45. The van der Waals surface area contributed by atoms with Crippen molar-refractivity contribution in [2.45, 2.75) is 31.0 Å². The molecule has 150 valence electrons. The second-order valence-corrected chi connectivity index (χ2v) is 7.95. The highest BCUT2D eigenvalue weighted by atomic mass is 32.2. The molecule has 0 radical (unpaired) electrons. The molecule has 3 rings (SSSR count). The van der Waals surface area contributed by atoms with Gasteiger partial charge in [-0.2, -0.15) is 4.98 Å². The Labute approximate surface area is 161 Å². The average molecular weight is 409 g/mol. The van der Waals surface area contributed by atoms with Gasteiger partial charge in [0.05, 0.1) is 22.0 Å². The lowest BCUT2D eigenvalue weighted by Gasteiger charge is -2.35. The standard InChI is InChI=1S/C16H19N5O6S/c1-10-7-20(8-11(2)26-10)15-14(21(22)23)16(19-9-18-15)27-12-3-5-13(6-4-12)28(17,24)25/h3-6,9-11H,7-8H2,1-2H3,(H2,17,24,25). The van der Waals surface area contributed by atoms with Gasteiger partial charge >= 0.3 is 11.6 Å². The van der Waals surface area contributed by atoms with Crippen LogP contribution in [-0.2, 0) is 14.8 Å². The topological polar surface area (TPSA) is 151 Å². The molecule has 1 fully saturated rings. The van der Waals surface area contributed by atoms with E-state index < -0.39 is 14.9 Å². The predicted octanol–water partition coefficient (Wildman–Crippen LogP) is 1.44. The minimum Gasteiger partial charge on any atom is -0.434 e. The highest BCUT2D eigenvalue weighted by Gasteiger charge is 2.32. The fraction of sp³-hybridized carbons (Fsp3) is 0.375. The van der Waals surface area contributed by atoms with Gasteiger partial charge in [-0.05, 0) is 38.1 Å². The molecule has 2 unspecified atom stereocenters. The number of sulfonamides is 1. The summed E-state index contributed by atoms with van der Waals surface area (Å²) in [4.78, 5) is 20.7. The lowest BCUT2D eigenvalue weighted by Crippen LogP contribution is -2.46. The third kappa shape index (κ3) is 4.35. The van der Waals surface area contributed by atoms with E-state index in [2.05, 4.69) is 9.97 Å². The van der Waals surface area contributed by atoms with Gasteiger partial charge in [0.1, 0.15) is 12.1 Å². The molecule has 12 heteroatoms. The molecular weight excluding hydrogens is 390 g/mol. The number of hydrogen-bond acceptors (Lipinski definition) is 9. The van der Waals surface area contributed by atoms with Gasteiger partial charge < -0.3 is 14.4 Å². The van der Waals surface area contributed by atoms with Crippen LogP contribution < -0.4 is 14.8 Å². The quantitative estimate of drug-likeness (QED) is 0.571. The average Bonchev–Trinajstić information content (AvgIpc) is 2.60. The molecule has 11 nitrogen and oxygen atoms in total. The number of hydrogen-bond donors (Lipinski definition) is 1. The second kappa shape index (κ2) is 7.66. The largest absolute Gasteiger partial charge is 0.434 e. The maximum atomic E-state index is 11.7. The van der Waals surface area contributed by atoms with Gasteiger partial charge in [0.25, 0.3) is 0 Å². The van der Waals surface area contributed by atoms with Crippen molar-refractivity contribution in [2.75, 3.05) is 18.0 Å². The Bertz CT molecular complexity index is 972. The number of rotatable bonds is 5. The number of nitrogens with two attached hydrogens (primary N) is 1. The van der Waals surface area contributed by atoms with Crippen LogP contribution in [0.5, 0.6) is 11.6 Å². The van der Waals surface area contributed by atoms with Crippen molar-refractivity contribution in [3.63, 3.8) is 0 Å². The molecule has 0 aliphatic carbocycles. The molecule has 2 aromatic rings. The van der Waals surface area contributed by atoms with Crippen molar-refractivity contribution in [1.29, 1.82) is 0 Å². The summed E-state index contributed by atoms with van der Waals surface area (Å²) in [5.41, 5.74) is -0.376. The van der Waals surface area contributed by atoms with Crippen molar-refractivity contribution in [3.8, 4) is 11.6 Å². The summed E-state index contributed by atoms with van der Waals surface area (Å²) >= 11 is 0. The van der Waals surface area contributed by atoms with Crippen molar-refractivity contribution in [1.82, 2.24) is 9.97 Å². The lowest BCUT2D eigenvalue weighted by molar-refractivity contribution is -0.385. The van der Waals surface area contributed by atoms with Crippen LogP contribution >= 0.6 is 0 Å². The fourth-order valence-corrected chi connectivity index (χ4v) is 3.50. The first kappa shape index (κ1) is 19.9. The maximum Gasteiger partial charge on any atom is 0.373 e. The number of benzene rings is 1. The van der Waals surface area contributed by atoms with E-state index >= 15 is 0 Å². The van der Waals surface area contributed by atoms with E-state index in [1.165, 1.54) is 30.6 Å². The van der Waals surface area contributed by atoms with E-state index in [-0.39, 0.29) is 40.2 Å². The number of nitro groups is 1. The van der Waals surface area contributed by atoms with Gasteiger partial charge in [0.15, 0.2) is 0 Å². The Morgan fingerprint density at radius 1 is 1.21 bits per heavy atom. The number of nitrogens with zero attached hydrogens (tertiary/aromatic N) is 4. The van der Waals surface area contributed by atoms with E-state index in [9.17, 15) is 18.5 Å². The molecular formula is C16H19N5O6S. The first-order chi connectivity index (χ1) is 13.1. The van der Waals surface area contributed by atoms with Crippen molar-refractivity contribution in [2.24, 2.45) is 5.14 Å². The van der Waals surface area contributed by atoms with Crippen LogP contribution in [0.3, 0.4) is 0 Å². The summed E-state index contributed by atoms with van der Waals surface area (Å²) < 4.78 is 33.9.